The van der Waals surface area contributed by atoms with Crippen LogP contribution >= 0.6 is 0 Å². The Hall–Kier alpha value is -3.42. The SMILES string of the molecule is COc1ccc(C(=O)NC[C@@]2(C)C[C@@H](NC(=O)c3ccc(OC)c(OC)c3)CC(C)(C)C2)cc1OC. The molecule has 1 aliphatic rings. The van der Waals surface area contributed by atoms with E-state index in [1.54, 1.807) is 64.8 Å². The number of nitrogens with one attached hydrogen (secondary N) is 2. The zero-order valence-electron chi connectivity index (χ0n) is 22.3. The van der Waals surface area contributed by atoms with E-state index < -0.39 is 0 Å². The van der Waals surface area contributed by atoms with Crippen LogP contribution in [0.1, 0.15) is 60.7 Å². The van der Waals surface area contributed by atoms with Gasteiger partial charge in [0, 0.05) is 23.7 Å². The summed E-state index contributed by atoms with van der Waals surface area (Å²) in [5.74, 6) is 1.83. The van der Waals surface area contributed by atoms with Gasteiger partial charge in [-0.1, -0.05) is 20.8 Å². The van der Waals surface area contributed by atoms with Gasteiger partial charge in [0.15, 0.2) is 23.0 Å². The molecule has 1 aliphatic carbocycles. The first-order valence-electron chi connectivity index (χ1n) is 12.1. The second-order valence-electron chi connectivity index (χ2n) is 10.6. The molecule has 0 spiro atoms. The third-order valence-electron chi connectivity index (χ3n) is 6.75. The van der Waals surface area contributed by atoms with Gasteiger partial charge in [0.25, 0.3) is 11.8 Å². The highest BCUT2D eigenvalue weighted by molar-refractivity contribution is 5.95. The van der Waals surface area contributed by atoms with Crippen LogP contribution in [-0.4, -0.2) is 52.8 Å². The minimum atomic E-state index is -0.191. The van der Waals surface area contributed by atoms with Crippen LogP contribution in [0.4, 0.5) is 0 Å². The average Bonchev–Trinajstić information content (AvgIpc) is 2.85. The average molecular weight is 499 g/mol. The standard InChI is InChI=1S/C28H38N2O6/c1-27(2)14-20(30-26(32)19-9-11-22(34-5)24(13-19)36-7)15-28(3,16-27)17-29-25(31)18-8-10-21(33-4)23(12-18)35-6/h8-13,20H,14-17H2,1-7H3,(H,29,31)(H,30,32)/t20-,28-/m0/s1. The summed E-state index contributed by atoms with van der Waals surface area (Å²) in [6.45, 7) is 7.07. The summed E-state index contributed by atoms with van der Waals surface area (Å²) in [5, 5.41) is 6.29. The van der Waals surface area contributed by atoms with Crippen molar-refractivity contribution in [1.29, 1.82) is 0 Å². The molecule has 0 heterocycles. The fourth-order valence-electron chi connectivity index (χ4n) is 5.49. The van der Waals surface area contributed by atoms with E-state index >= 15 is 0 Å². The lowest BCUT2D eigenvalue weighted by Crippen LogP contribution is -2.50. The van der Waals surface area contributed by atoms with Crippen LogP contribution in [0.25, 0.3) is 0 Å². The van der Waals surface area contributed by atoms with Crippen molar-refractivity contribution < 1.29 is 28.5 Å². The van der Waals surface area contributed by atoms with Crippen molar-refractivity contribution in [3.8, 4) is 23.0 Å². The molecule has 196 valence electrons. The number of hydrogen-bond donors (Lipinski definition) is 2. The Morgan fingerprint density at radius 3 is 1.78 bits per heavy atom. The zero-order chi connectivity index (χ0) is 26.5. The molecule has 36 heavy (non-hydrogen) atoms. The molecule has 3 rings (SSSR count). The number of rotatable bonds is 9. The van der Waals surface area contributed by atoms with E-state index in [1.165, 1.54) is 0 Å². The van der Waals surface area contributed by atoms with Crippen molar-refractivity contribution in [3.63, 3.8) is 0 Å². The van der Waals surface area contributed by atoms with Crippen LogP contribution in [0, 0.1) is 10.8 Å². The smallest absolute Gasteiger partial charge is 0.251 e. The summed E-state index contributed by atoms with van der Waals surface area (Å²) in [7, 11) is 6.21. The summed E-state index contributed by atoms with van der Waals surface area (Å²) in [5.41, 5.74) is 0.823. The number of amides is 2. The van der Waals surface area contributed by atoms with Crippen molar-refractivity contribution in [2.45, 2.75) is 46.1 Å². The number of benzene rings is 2. The Balaban J connectivity index is 1.69. The molecule has 8 nitrogen and oxygen atoms in total. The Morgan fingerprint density at radius 2 is 1.28 bits per heavy atom. The molecule has 1 saturated carbocycles. The first kappa shape index (κ1) is 27.2. The van der Waals surface area contributed by atoms with Gasteiger partial charge in [0.2, 0.25) is 0 Å². The van der Waals surface area contributed by atoms with Crippen molar-refractivity contribution in [3.05, 3.63) is 47.5 Å². The molecule has 0 saturated heterocycles. The third-order valence-corrected chi connectivity index (χ3v) is 6.75. The van der Waals surface area contributed by atoms with E-state index in [-0.39, 0.29) is 28.7 Å². The maximum absolute atomic E-state index is 13.1. The summed E-state index contributed by atoms with van der Waals surface area (Å²) in [4.78, 5) is 26.0. The summed E-state index contributed by atoms with van der Waals surface area (Å²) in [6.07, 6.45) is 2.53. The molecule has 2 aromatic carbocycles. The van der Waals surface area contributed by atoms with Gasteiger partial charge >= 0.3 is 0 Å². The fourth-order valence-corrected chi connectivity index (χ4v) is 5.49. The van der Waals surface area contributed by atoms with Crippen LogP contribution in [0.2, 0.25) is 0 Å². The topological polar surface area (TPSA) is 95.1 Å². The predicted molar refractivity (Wildman–Crippen MR) is 138 cm³/mol. The summed E-state index contributed by atoms with van der Waals surface area (Å²) >= 11 is 0. The molecule has 2 aromatic rings. The van der Waals surface area contributed by atoms with Crippen LogP contribution in [0.3, 0.4) is 0 Å². The lowest BCUT2D eigenvalue weighted by molar-refractivity contribution is 0.0592. The first-order chi connectivity index (χ1) is 17.0. The molecule has 0 unspecified atom stereocenters. The second-order valence-corrected chi connectivity index (χ2v) is 10.6. The van der Waals surface area contributed by atoms with Crippen LogP contribution < -0.4 is 29.6 Å². The van der Waals surface area contributed by atoms with Gasteiger partial charge < -0.3 is 29.6 Å². The molecule has 2 N–H and O–H groups in total. The maximum atomic E-state index is 13.1. The normalized spacial score (nSPS) is 20.7. The zero-order valence-corrected chi connectivity index (χ0v) is 22.3. The number of carbonyl (C=O) groups excluding carboxylic acids is 2. The third kappa shape index (κ3) is 6.42. The van der Waals surface area contributed by atoms with Crippen LogP contribution in [0.15, 0.2) is 36.4 Å². The number of ether oxygens (including phenoxy) is 4. The lowest BCUT2D eigenvalue weighted by Gasteiger charge is -2.47. The van der Waals surface area contributed by atoms with Crippen molar-refractivity contribution in [2.75, 3.05) is 35.0 Å². The van der Waals surface area contributed by atoms with Gasteiger partial charge in [0.1, 0.15) is 0 Å². The Labute approximate surface area is 213 Å². The van der Waals surface area contributed by atoms with E-state index in [0.29, 0.717) is 40.7 Å². The van der Waals surface area contributed by atoms with Gasteiger partial charge in [-0.15, -0.1) is 0 Å². The van der Waals surface area contributed by atoms with E-state index in [2.05, 4.69) is 31.4 Å². The van der Waals surface area contributed by atoms with Crippen molar-refractivity contribution >= 4 is 11.8 Å². The Bertz CT molecular complexity index is 1100. The molecular weight excluding hydrogens is 460 g/mol. The second kappa shape index (κ2) is 11.1. The van der Waals surface area contributed by atoms with E-state index in [4.69, 9.17) is 18.9 Å². The van der Waals surface area contributed by atoms with E-state index in [9.17, 15) is 9.59 Å². The molecule has 0 radical (unpaired) electrons. The number of methoxy groups -OCH3 is 4. The molecule has 2 atom stereocenters. The fraction of sp³-hybridized carbons (Fsp3) is 0.500. The molecule has 8 heteroatoms. The van der Waals surface area contributed by atoms with E-state index in [1.807, 2.05) is 0 Å². The first-order valence-corrected chi connectivity index (χ1v) is 12.1. The highest BCUT2D eigenvalue weighted by Gasteiger charge is 2.42. The van der Waals surface area contributed by atoms with Gasteiger partial charge in [-0.25, -0.2) is 0 Å². The maximum Gasteiger partial charge on any atom is 0.251 e. The number of hydrogen-bond acceptors (Lipinski definition) is 6. The molecule has 0 bridgehead atoms. The largest absolute Gasteiger partial charge is 0.493 e. The van der Waals surface area contributed by atoms with Crippen molar-refractivity contribution in [1.82, 2.24) is 10.6 Å². The molecule has 1 fully saturated rings. The van der Waals surface area contributed by atoms with Crippen LogP contribution in [-0.2, 0) is 0 Å². The van der Waals surface area contributed by atoms with Gasteiger partial charge in [0.05, 0.1) is 28.4 Å². The van der Waals surface area contributed by atoms with Gasteiger partial charge in [-0.2, -0.15) is 0 Å². The summed E-state index contributed by atoms with van der Waals surface area (Å²) in [6, 6.07) is 10.2. The Morgan fingerprint density at radius 1 is 0.778 bits per heavy atom. The quantitative estimate of drug-likeness (QED) is 0.530. The van der Waals surface area contributed by atoms with Gasteiger partial charge in [-0.3, -0.25) is 9.59 Å². The predicted octanol–water partition coefficient (Wildman–Crippen LogP) is 4.47. The van der Waals surface area contributed by atoms with Gasteiger partial charge in [-0.05, 0) is 66.5 Å². The monoisotopic (exact) mass is 498 g/mol. The summed E-state index contributed by atoms with van der Waals surface area (Å²) < 4.78 is 21.2. The van der Waals surface area contributed by atoms with E-state index in [0.717, 1.165) is 19.3 Å². The van der Waals surface area contributed by atoms with Crippen molar-refractivity contribution in [2.24, 2.45) is 10.8 Å². The number of carbonyl (C=O) groups is 2. The molecular formula is C28H38N2O6. The van der Waals surface area contributed by atoms with Crippen LogP contribution in [0.5, 0.6) is 23.0 Å². The minimum absolute atomic E-state index is 0.00337. The molecule has 2 amide bonds. The lowest BCUT2D eigenvalue weighted by atomic mass is 9.62. The Kier molecular flexibility index (Phi) is 8.38. The highest BCUT2D eigenvalue weighted by Crippen LogP contribution is 2.46. The highest BCUT2D eigenvalue weighted by atomic mass is 16.5. The minimum Gasteiger partial charge on any atom is -0.493 e. The molecule has 0 aliphatic heterocycles. The molecule has 0 aromatic heterocycles.